The largest absolute Gasteiger partial charge is 0.355 e. The Hall–Kier alpha value is -4.51. The summed E-state index contributed by atoms with van der Waals surface area (Å²) in [6.45, 7) is 13.2. The fraction of sp³-hybridized carbons (Fsp3) is 0.548. The maximum Gasteiger partial charge on any atom is 0.253 e. The lowest BCUT2D eigenvalue weighted by Gasteiger charge is -2.54. The number of amides is 2. The van der Waals surface area contributed by atoms with Crippen LogP contribution in [0.25, 0.3) is 22.2 Å². The zero-order valence-corrected chi connectivity index (χ0v) is 31.7. The Kier molecular flexibility index (Phi) is 9.87. The molecule has 4 saturated carbocycles. The van der Waals surface area contributed by atoms with Crippen LogP contribution in [-0.4, -0.2) is 75.7 Å². The first-order valence-electron chi connectivity index (χ1n) is 19.8. The molecule has 0 atom stereocenters. The Bertz CT molecular complexity index is 2010. The number of hydrogen-bond acceptors (Lipinski definition) is 7. The van der Waals surface area contributed by atoms with Gasteiger partial charge in [0.2, 0.25) is 5.91 Å². The second kappa shape index (κ2) is 14.7. The number of fused-ring (bicyclic) bond motifs is 1. The number of aryl methyl sites for hydroxylation is 2. The van der Waals surface area contributed by atoms with Gasteiger partial charge in [-0.15, -0.1) is 0 Å². The Balaban J connectivity index is 0.883. The number of nitrogens with one attached hydrogen (secondary N) is 3. The molecule has 3 N–H and O–H groups in total. The first-order valence-corrected chi connectivity index (χ1v) is 19.8. The summed E-state index contributed by atoms with van der Waals surface area (Å²) in [7, 11) is 0. The maximum atomic E-state index is 13.7. The van der Waals surface area contributed by atoms with E-state index >= 15 is 0 Å². The highest BCUT2D eigenvalue weighted by atomic mass is 16.2. The number of anilines is 1. The molecule has 4 aromatic rings. The van der Waals surface area contributed by atoms with Crippen LogP contribution in [-0.2, 0) is 11.3 Å². The number of rotatable bonds is 11. The van der Waals surface area contributed by atoms with Crippen molar-refractivity contribution in [2.75, 3.05) is 44.2 Å². The first-order chi connectivity index (χ1) is 25.6. The molecule has 0 radical (unpaired) electrons. The van der Waals surface area contributed by atoms with Crippen molar-refractivity contribution in [3.63, 3.8) is 0 Å². The minimum absolute atomic E-state index is 0.0807. The molecule has 5 aliphatic rings. The second-order valence-electron chi connectivity index (χ2n) is 16.6. The molecule has 1 aromatic carbocycles. The highest BCUT2D eigenvalue weighted by Gasteiger charge is 2.48. The van der Waals surface area contributed by atoms with Gasteiger partial charge in [0.15, 0.2) is 0 Å². The molecular formula is C42H54N8O3. The van der Waals surface area contributed by atoms with E-state index in [1.165, 1.54) is 32.1 Å². The van der Waals surface area contributed by atoms with Gasteiger partial charge in [0, 0.05) is 86.7 Å². The predicted octanol–water partition coefficient (Wildman–Crippen LogP) is 5.61. The molecule has 11 heteroatoms. The third-order valence-electron chi connectivity index (χ3n) is 12.7. The van der Waals surface area contributed by atoms with E-state index in [4.69, 9.17) is 10.1 Å². The minimum Gasteiger partial charge on any atom is -0.355 e. The molecule has 4 bridgehead atoms. The number of piperazine rings is 1. The van der Waals surface area contributed by atoms with E-state index in [1.807, 2.05) is 61.1 Å². The summed E-state index contributed by atoms with van der Waals surface area (Å²) in [5.74, 6) is 5.00. The lowest BCUT2D eigenvalue weighted by atomic mass is 9.51. The Morgan fingerprint density at radius 3 is 2.34 bits per heavy atom. The molecule has 1 aliphatic heterocycles. The van der Waals surface area contributed by atoms with Gasteiger partial charge in [0.25, 0.3) is 11.5 Å². The van der Waals surface area contributed by atoms with Gasteiger partial charge in [-0.05, 0) is 125 Å². The van der Waals surface area contributed by atoms with Gasteiger partial charge in [-0.25, -0.2) is 4.98 Å². The number of benzene rings is 1. The number of aromatic nitrogens is 4. The molecule has 280 valence electrons. The molecule has 1 saturated heterocycles. The summed E-state index contributed by atoms with van der Waals surface area (Å²) in [5, 5.41) is 12.0. The number of nitrogens with zero attached hydrogens (tertiary/aromatic N) is 5. The highest BCUT2D eigenvalue weighted by molar-refractivity contribution is 6.11. The zero-order valence-electron chi connectivity index (χ0n) is 31.7. The van der Waals surface area contributed by atoms with Crippen molar-refractivity contribution in [2.45, 2.75) is 78.8 Å². The number of hydrogen-bond donors (Lipinski definition) is 3. The van der Waals surface area contributed by atoms with Crippen LogP contribution in [0.5, 0.6) is 0 Å². The average Bonchev–Trinajstić information content (AvgIpc) is 3.53. The average molecular weight is 719 g/mol. The van der Waals surface area contributed by atoms with Gasteiger partial charge in [0.05, 0.1) is 11.1 Å². The van der Waals surface area contributed by atoms with Crippen molar-refractivity contribution in [1.82, 2.24) is 35.3 Å². The van der Waals surface area contributed by atoms with Crippen LogP contribution in [0.15, 0.2) is 47.4 Å². The van der Waals surface area contributed by atoms with Gasteiger partial charge in [-0.3, -0.25) is 24.0 Å². The van der Waals surface area contributed by atoms with Gasteiger partial charge < -0.3 is 20.5 Å². The van der Waals surface area contributed by atoms with Crippen LogP contribution in [0, 0.1) is 43.4 Å². The zero-order chi connectivity index (χ0) is 36.8. The molecule has 5 fully saturated rings. The van der Waals surface area contributed by atoms with Crippen molar-refractivity contribution in [2.24, 2.45) is 29.6 Å². The fourth-order valence-electron chi connectivity index (χ4n) is 10.3. The lowest BCUT2D eigenvalue weighted by Crippen LogP contribution is -2.49. The summed E-state index contributed by atoms with van der Waals surface area (Å²) < 4.78 is 1.95. The maximum absolute atomic E-state index is 13.7. The molecule has 3 aromatic heterocycles. The number of carbonyl (C=O) groups excluding carboxylic acids is 2. The normalized spacial score (nSPS) is 23.9. The van der Waals surface area contributed by atoms with E-state index < -0.39 is 0 Å². The topological polar surface area (TPSA) is 128 Å². The minimum atomic E-state index is -0.260. The molecule has 2 amide bonds. The van der Waals surface area contributed by atoms with Crippen molar-refractivity contribution >= 4 is 28.5 Å². The van der Waals surface area contributed by atoms with Crippen LogP contribution in [0.2, 0.25) is 0 Å². The monoisotopic (exact) mass is 718 g/mol. The van der Waals surface area contributed by atoms with Crippen LogP contribution in [0.3, 0.4) is 0 Å². The summed E-state index contributed by atoms with van der Waals surface area (Å²) >= 11 is 0. The van der Waals surface area contributed by atoms with Crippen LogP contribution in [0.1, 0.15) is 85.6 Å². The van der Waals surface area contributed by atoms with Crippen molar-refractivity contribution in [3.05, 3.63) is 75.3 Å². The molecule has 11 nitrogen and oxygen atoms in total. The molecule has 0 unspecified atom stereocenters. The smallest absolute Gasteiger partial charge is 0.253 e. The summed E-state index contributed by atoms with van der Waals surface area (Å²) in [6, 6.07) is 11.8. The summed E-state index contributed by atoms with van der Waals surface area (Å²) in [4.78, 5) is 51.7. The van der Waals surface area contributed by atoms with E-state index in [2.05, 4.69) is 39.3 Å². The molecule has 4 heterocycles. The van der Waals surface area contributed by atoms with Crippen LogP contribution in [0.4, 0.5) is 5.82 Å². The first kappa shape index (κ1) is 35.5. The van der Waals surface area contributed by atoms with Crippen molar-refractivity contribution < 1.29 is 9.59 Å². The van der Waals surface area contributed by atoms with E-state index in [-0.39, 0.29) is 30.0 Å². The molecular weight excluding hydrogens is 665 g/mol. The van der Waals surface area contributed by atoms with Crippen LogP contribution >= 0.6 is 0 Å². The van der Waals surface area contributed by atoms with Crippen molar-refractivity contribution in [1.29, 1.82) is 0 Å². The van der Waals surface area contributed by atoms with Gasteiger partial charge in [0.1, 0.15) is 11.5 Å². The SMILES string of the molecule is Cc1cc(C)c(CNC(=O)c2cccc3c2c(-c2ccc(N4CCN(CCNC(=O)CC5C6CC7CC(C6)CC5C7)CC4)nc2)nn3C(C)C)c(=O)[nH]1. The molecule has 53 heavy (non-hydrogen) atoms. The van der Waals surface area contributed by atoms with Gasteiger partial charge in [-0.1, -0.05) is 6.07 Å². The fourth-order valence-corrected chi connectivity index (χ4v) is 10.3. The Morgan fingerprint density at radius 1 is 0.943 bits per heavy atom. The highest BCUT2D eigenvalue weighted by Crippen LogP contribution is 2.57. The predicted molar refractivity (Wildman–Crippen MR) is 208 cm³/mol. The molecule has 0 spiro atoms. The van der Waals surface area contributed by atoms with E-state index in [0.29, 0.717) is 29.3 Å². The van der Waals surface area contributed by atoms with Crippen molar-refractivity contribution in [3.8, 4) is 11.3 Å². The van der Waals surface area contributed by atoms with Crippen LogP contribution < -0.4 is 21.1 Å². The standard InChI is InChI=1S/C42H54N8O3/c1-25(2)50-36-7-5-6-33(41(52)45-24-35-26(3)16-27(4)46-42(35)53)39(36)40(47-50)30-8-9-37(44-23-30)49-14-12-48(13-15-49)11-10-43-38(51)22-34-31-18-28-17-29(20-31)21-32(34)19-28/h5-9,16,23,25,28-29,31-32,34H,10-15,17-22,24H2,1-4H3,(H,43,51)(H,45,52)(H,46,53). The number of pyridine rings is 2. The lowest BCUT2D eigenvalue weighted by molar-refractivity contribution is -0.126. The van der Waals surface area contributed by atoms with Gasteiger partial charge >= 0.3 is 0 Å². The number of aromatic amines is 1. The Labute approximate surface area is 311 Å². The second-order valence-corrected chi connectivity index (χ2v) is 16.6. The van der Waals surface area contributed by atoms with E-state index in [0.717, 1.165) is 96.4 Å². The number of carbonyl (C=O) groups is 2. The van der Waals surface area contributed by atoms with E-state index in [1.54, 1.807) is 0 Å². The molecule has 9 rings (SSSR count). The van der Waals surface area contributed by atoms with E-state index in [9.17, 15) is 14.4 Å². The quantitative estimate of drug-likeness (QED) is 0.184. The Morgan fingerprint density at radius 2 is 1.68 bits per heavy atom. The third kappa shape index (κ3) is 7.24. The summed E-state index contributed by atoms with van der Waals surface area (Å²) in [5.41, 5.74) is 4.92. The molecule has 4 aliphatic carbocycles. The van der Waals surface area contributed by atoms with Gasteiger partial charge in [-0.2, -0.15) is 5.10 Å². The third-order valence-corrected chi connectivity index (χ3v) is 12.7. The summed E-state index contributed by atoms with van der Waals surface area (Å²) in [6.07, 6.45) is 9.50. The number of H-pyrrole nitrogens is 1.